The summed E-state index contributed by atoms with van der Waals surface area (Å²) in [6.07, 6.45) is 1.43. The van der Waals surface area contributed by atoms with Crippen LogP contribution in [-0.4, -0.2) is 23.1 Å². The van der Waals surface area contributed by atoms with Crippen molar-refractivity contribution in [2.75, 3.05) is 13.1 Å². The maximum atomic E-state index is 10.3. The van der Waals surface area contributed by atoms with Gasteiger partial charge in [-0.3, -0.25) is 4.90 Å². The number of thiophene rings is 1. The van der Waals surface area contributed by atoms with Crippen LogP contribution in [0.4, 0.5) is 0 Å². The summed E-state index contributed by atoms with van der Waals surface area (Å²) in [7, 11) is 0. The Hall–Kier alpha value is -0.870. The van der Waals surface area contributed by atoms with E-state index in [0.29, 0.717) is 11.1 Å². The Morgan fingerprint density at radius 2 is 2.29 bits per heavy atom. The van der Waals surface area contributed by atoms with E-state index in [2.05, 4.69) is 23.3 Å². The van der Waals surface area contributed by atoms with Crippen molar-refractivity contribution in [2.45, 2.75) is 31.9 Å². The fraction of sp³-hybridized carbons (Fsp3) is 0.412. The summed E-state index contributed by atoms with van der Waals surface area (Å²) in [6.45, 7) is 4.25. The van der Waals surface area contributed by atoms with Gasteiger partial charge in [0.15, 0.2) is 0 Å². The molecule has 0 spiro atoms. The normalized spacial score (nSPS) is 20.2. The molecule has 0 amide bonds. The smallest absolute Gasteiger partial charge is 0.0802 e. The summed E-state index contributed by atoms with van der Waals surface area (Å²) >= 11 is 7.85. The first-order chi connectivity index (χ1) is 10.1. The lowest BCUT2D eigenvalue weighted by Crippen LogP contribution is -2.34. The number of rotatable bonds is 4. The van der Waals surface area contributed by atoms with Crippen LogP contribution < -0.4 is 0 Å². The molecule has 2 heterocycles. The number of benzene rings is 1. The number of aliphatic hydroxyl groups is 1. The van der Waals surface area contributed by atoms with Gasteiger partial charge in [0.1, 0.15) is 0 Å². The molecule has 1 aromatic carbocycles. The molecular weight excluding hydrogens is 302 g/mol. The lowest BCUT2D eigenvalue weighted by molar-refractivity contribution is 0.123. The highest BCUT2D eigenvalue weighted by atomic mass is 35.5. The third-order valence-corrected chi connectivity index (χ3v) is 5.56. The predicted octanol–water partition coefficient (Wildman–Crippen LogP) is 4.44. The van der Waals surface area contributed by atoms with Crippen molar-refractivity contribution in [1.29, 1.82) is 0 Å². The van der Waals surface area contributed by atoms with Gasteiger partial charge in [-0.05, 0) is 54.5 Å². The van der Waals surface area contributed by atoms with Gasteiger partial charge in [0, 0.05) is 29.0 Å². The first kappa shape index (κ1) is 15.0. The largest absolute Gasteiger partial charge is 0.388 e. The number of nitrogens with zero attached hydrogens (tertiary/aromatic N) is 1. The summed E-state index contributed by atoms with van der Waals surface area (Å²) in [6, 6.07) is 10.2. The highest BCUT2D eigenvalue weighted by Gasteiger charge is 2.24. The van der Waals surface area contributed by atoms with Crippen molar-refractivity contribution >= 4 is 22.9 Å². The Kier molecular flexibility index (Phi) is 4.65. The Balaban J connectivity index is 1.61. The third-order valence-electron chi connectivity index (χ3n) is 4.33. The zero-order valence-corrected chi connectivity index (χ0v) is 13.7. The number of hydrogen-bond donors (Lipinski definition) is 1. The summed E-state index contributed by atoms with van der Waals surface area (Å²) < 4.78 is 0. The molecule has 2 nitrogen and oxygen atoms in total. The first-order valence-electron chi connectivity index (χ1n) is 7.39. The van der Waals surface area contributed by atoms with E-state index in [9.17, 15) is 5.11 Å². The minimum atomic E-state index is -0.445. The number of halogens is 1. The molecule has 0 fully saturated rings. The highest BCUT2D eigenvalue weighted by molar-refractivity contribution is 7.10. The van der Waals surface area contributed by atoms with E-state index in [1.807, 2.05) is 35.6 Å². The molecular formula is C17H20ClNOS. The second kappa shape index (κ2) is 6.49. The van der Waals surface area contributed by atoms with Crippen LogP contribution in [0.2, 0.25) is 5.02 Å². The van der Waals surface area contributed by atoms with Crippen molar-refractivity contribution in [3.8, 4) is 0 Å². The Morgan fingerprint density at radius 1 is 1.43 bits per heavy atom. The summed E-state index contributed by atoms with van der Waals surface area (Å²) in [5.74, 6) is 0. The topological polar surface area (TPSA) is 23.5 Å². The first-order valence-corrected chi connectivity index (χ1v) is 8.65. The molecule has 2 atom stereocenters. The molecule has 1 N–H and O–H groups in total. The number of aliphatic hydroxyl groups excluding tert-OH is 1. The Bertz CT molecular complexity index is 612. The van der Waals surface area contributed by atoms with Gasteiger partial charge >= 0.3 is 0 Å². The molecule has 1 aliphatic rings. The van der Waals surface area contributed by atoms with E-state index in [4.69, 9.17) is 11.6 Å². The van der Waals surface area contributed by atoms with E-state index in [1.54, 1.807) is 0 Å². The van der Waals surface area contributed by atoms with E-state index >= 15 is 0 Å². The average Bonchev–Trinajstić information content (AvgIpc) is 2.95. The van der Waals surface area contributed by atoms with E-state index < -0.39 is 6.10 Å². The van der Waals surface area contributed by atoms with Gasteiger partial charge in [0.2, 0.25) is 0 Å². The van der Waals surface area contributed by atoms with Crippen molar-refractivity contribution in [3.63, 3.8) is 0 Å². The predicted molar refractivity (Wildman–Crippen MR) is 89.0 cm³/mol. The SMILES string of the molecule is CC1c2ccsc2CCN1CCC(O)c1cccc(Cl)c1. The molecule has 2 unspecified atom stereocenters. The fourth-order valence-electron chi connectivity index (χ4n) is 3.04. The van der Waals surface area contributed by atoms with Gasteiger partial charge in [-0.1, -0.05) is 23.7 Å². The molecule has 0 bridgehead atoms. The summed E-state index contributed by atoms with van der Waals surface area (Å²) in [4.78, 5) is 3.98. The van der Waals surface area contributed by atoms with Crippen molar-refractivity contribution in [2.24, 2.45) is 0 Å². The zero-order valence-electron chi connectivity index (χ0n) is 12.1. The maximum Gasteiger partial charge on any atom is 0.0802 e. The second-order valence-electron chi connectivity index (χ2n) is 5.62. The van der Waals surface area contributed by atoms with Crippen LogP contribution in [0.3, 0.4) is 0 Å². The van der Waals surface area contributed by atoms with Crippen LogP contribution in [0, 0.1) is 0 Å². The monoisotopic (exact) mass is 321 g/mol. The molecule has 4 heteroatoms. The zero-order chi connectivity index (χ0) is 14.8. The Morgan fingerprint density at radius 3 is 3.10 bits per heavy atom. The molecule has 3 rings (SSSR count). The molecule has 0 radical (unpaired) electrons. The van der Waals surface area contributed by atoms with Gasteiger partial charge in [-0.25, -0.2) is 0 Å². The molecule has 1 aromatic heterocycles. The number of hydrogen-bond acceptors (Lipinski definition) is 3. The van der Waals surface area contributed by atoms with Crippen molar-refractivity contribution < 1.29 is 5.11 Å². The molecule has 0 saturated carbocycles. The summed E-state index contributed by atoms with van der Waals surface area (Å²) in [5, 5.41) is 13.2. The quantitative estimate of drug-likeness (QED) is 0.899. The summed E-state index contributed by atoms with van der Waals surface area (Å²) in [5.41, 5.74) is 2.37. The second-order valence-corrected chi connectivity index (χ2v) is 7.06. The standard InChI is InChI=1S/C17H20ClNOS/c1-12-15-7-10-21-17(15)6-9-19(12)8-5-16(20)13-3-2-4-14(18)11-13/h2-4,7,10-12,16,20H,5-6,8-9H2,1H3. The van der Waals surface area contributed by atoms with Gasteiger partial charge in [-0.15, -0.1) is 11.3 Å². The van der Waals surface area contributed by atoms with E-state index in [0.717, 1.165) is 31.5 Å². The van der Waals surface area contributed by atoms with Crippen LogP contribution >= 0.6 is 22.9 Å². The Labute approximate surface area is 135 Å². The minimum Gasteiger partial charge on any atom is -0.388 e. The third kappa shape index (κ3) is 3.32. The van der Waals surface area contributed by atoms with E-state index in [-0.39, 0.29) is 0 Å². The minimum absolute atomic E-state index is 0.445. The van der Waals surface area contributed by atoms with Crippen LogP contribution in [0.15, 0.2) is 35.7 Å². The van der Waals surface area contributed by atoms with Crippen molar-refractivity contribution in [3.05, 3.63) is 56.7 Å². The lowest BCUT2D eigenvalue weighted by atomic mass is 10.00. The molecule has 2 aromatic rings. The van der Waals surface area contributed by atoms with Gasteiger partial charge in [0.05, 0.1) is 6.10 Å². The average molecular weight is 322 g/mol. The van der Waals surface area contributed by atoms with Crippen LogP contribution in [-0.2, 0) is 6.42 Å². The van der Waals surface area contributed by atoms with Crippen LogP contribution in [0.5, 0.6) is 0 Å². The van der Waals surface area contributed by atoms with E-state index in [1.165, 1.54) is 10.4 Å². The lowest BCUT2D eigenvalue weighted by Gasteiger charge is -2.34. The van der Waals surface area contributed by atoms with Crippen LogP contribution in [0.1, 0.15) is 41.5 Å². The van der Waals surface area contributed by atoms with Gasteiger partial charge < -0.3 is 5.11 Å². The number of fused-ring (bicyclic) bond motifs is 1. The highest BCUT2D eigenvalue weighted by Crippen LogP contribution is 2.33. The van der Waals surface area contributed by atoms with Crippen molar-refractivity contribution in [1.82, 2.24) is 4.90 Å². The molecule has 112 valence electrons. The molecule has 0 saturated heterocycles. The molecule has 21 heavy (non-hydrogen) atoms. The molecule has 1 aliphatic heterocycles. The molecule has 0 aliphatic carbocycles. The van der Waals surface area contributed by atoms with Crippen LogP contribution in [0.25, 0.3) is 0 Å². The fourth-order valence-corrected chi connectivity index (χ4v) is 4.20. The van der Waals surface area contributed by atoms with Gasteiger partial charge in [0.25, 0.3) is 0 Å². The maximum absolute atomic E-state index is 10.3. The van der Waals surface area contributed by atoms with Gasteiger partial charge in [-0.2, -0.15) is 0 Å².